The van der Waals surface area contributed by atoms with Crippen LogP contribution in [0.4, 0.5) is 0 Å². The van der Waals surface area contributed by atoms with Crippen molar-refractivity contribution < 1.29 is 8.42 Å². The van der Waals surface area contributed by atoms with Gasteiger partial charge in [-0.15, -0.1) is 0 Å². The fraction of sp³-hybridized carbons (Fsp3) is 0.500. The number of nitrogens with zero attached hydrogens (tertiary/aromatic N) is 2. The lowest BCUT2D eigenvalue weighted by molar-refractivity contribution is 0.578. The van der Waals surface area contributed by atoms with E-state index in [9.17, 15) is 8.42 Å². The van der Waals surface area contributed by atoms with Crippen molar-refractivity contribution in [2.75, 3.05) is 13.1 Å². The lowest BCUT2D eigenvalue weighted by Gasteiger charge is -2.08. The first kappa shape index (κ1) is 9.54. The highest BCUT2D eigenvalue weighted by Gasteiger charge is 2.31. The third-order valence-corrected chi connectivity index (χ3v) is 4.36. The van der Waals surface area contributed by atoms with Crippen LogP contribution in [0.5, 0.6) is 0 Å². The van der Waals surface area contributed by atoms with Crippen molar-refractivity contribution in [1.82, 2.24) is 15.3 Å². The fourth-order valence-corrected chi connectivity index (χ4v) is 3.02. The van der Waals surface area contributed by atoms with E-state index in [0.717, 1.165) is 6.54 Å². The topological polar surface area (TPSA) is 72.0 Å². The number of aromatic nitrogens is 2. The van der Waals surface area contributed by atoms with Crippen LogP contribution in [0.25, 0.3) is 0 Å². The van der Waals surface area contributed by atoms with E-state index in [1.54, 1.807) is 0 Å². The van der Waals surface area contributed by atoms with E-state index in [-0.39, 0.29) is 10.3 Å². The molecule has 76 valence electrons. The molecule has 1 aliphatic rings. The quantitative estimate of drug-likeness (QED) is 0.724. The number of sulfone groups is 1. The Hall–Kier alpha value is -1.01. The zero-order valence-electron chi connectivity index (χ0n) is 7.55. The normalized spacial score (nSPS) is 22.4. The molecule has 0 bridgehead atoms. The van der Waals surface area contributed by atoms with Crippen LogP contribution < -0.4 is 5.32 Å². The molecular formula is C8H11N3O2S. The van der Waals surface area contributed by atoms with Crippen molar-refractivity contribution in [3.8, 4) is 0 Å². The molecule has 0 radical (unpaired) electrons. The van der Waals surface area contributed by atoms with Gasteiger partial charge in [0, 0.05) is 18.9 Å². The van der Waals surface area contributed by atoms with Crippen LogP contribution in [0, 0.1) is 0 Å². The first-order valence-electron chi connectivity index (χ1n) is 4.42. The predicted octanol–water partition coefficient (Wildman–Crippen LogP) is -0.388. The second-order valence-corrected chi connectivity index (χ2v) is 5.38. The molecule has 1 aromatic rings. The summed E-state index contributed by atoms with van der Waals surface area (Å²) < 4.78 is 23.8. The van der Waals surface area contributed by atoms with Gasteiger partial charge in [-0.05, 0) is 13.0 Å². The Morgan fingerprint density at radius 3 is 2.86 bits per heavy atom. The Bertz CT molecular complexity index is 398. The Morgan fingerprint density at radius 2 is 2.29 bits per heavy atom. The van der Waals surface area contributed by atoms with Crippen molar-refractivity contribution in [3.05, 3.63) is 18.6 Å². The highest BCUT2D eigenvalue weighted by Crippen LogP contribution is 2.17. The summed E-state index contributed by atoms with van der Waals surface area (Å²) in [6, 6.07) is 0. The summed E-state index contributed by atoms with van der Waals surface area (Å²) in [5.41, 5.74) is 0. The van der Waals surface area contributed by atoms with Crippen LogP contribution in [0.3, 0.4) is 0 Å². The van der Waals surface area contributed by atoms with Gasteiger partial charge in [-0.2, -0.15) is 0 Å². The first-order chi connectivity index (χ1) is 6.71. The summed E-state index contributed by atoms with van der Waals surface area (Å²) in [5.74, 6) is 0. The Balaban J connectivity index is 2.33. The molecule has 1 atom stereocenters. The summed E-state index contributed by atoms with van der Waals surface area (Å²) in [7, 11) is -3.27. The highest BCUT2D eigenvalue weighted by molar-refractivity contribution is 7.92. The molecule has 1 N–H and O–H groups in total. The van der Waals surface area contributed by atoms with Gasteiger partial charge in [0.25, 0.3) is 0 Å². The molecule has 0 saturated carbocycles. The summed E-state index contributed by atoms with van der Waals surface area (Å²) >= 11 is 0. The molecular weight excluding hydrogens is 202 g/mol. The fourth-order valence-electron chi connectivity index (χ4n) is 1.50. The van der Waals surface area contributed by atoms with Gasteiger partial charge in [0.15, 0.2) is 5.03 Å². The SMILES string of the molecule is O=S(=O)(c1cnccn1)C1CCNC1. The third kappa shape index (κ3) is 1.62. The minimum Gasteiger partial charge on any atom is -0.315 e. The molecule has 1 saturated heterocycles. The van der Waals surface area contributed by atoms with Crippen LogP contribution >= 0.6 is 0 Å². The molecule has 0 spiro atoms. The smallest absolute Gasteiger partial charge is 0.201 e. The maximum atomic E-state index is 11.9. The van der Waals surface area contributed by atoms with Crippen molar-refractivity contribution >= 4 is 9.84 Å². The molecule has 1 aliphatic heterocycles. The van der Waals surface area contributed by atoms with Crippen LogP contribution in [-0.2, 0) is 9.84 Å². The maximum Gasteiger partial charge on any atom is 0.201 e. The molecule has 2 rings (SSSR count). The van der Waals surface area contributed by atoms with Gasteiger partial charge < -0.3 is 5.32 Å². The van der Waals surface area contributed by atoms with E-state index in [0.29, 0.717) is 13.0 Å². The van der Waals surface area contributed by atoms with E-state index in [2.05, 4.69) is 15.3 Å². The Labute approximate surface area is 82.5 Å². The minimum atomic E-state index is -3.27. The average molecular weight is 213 g/mol. The van der Waals surface area contributed by atoms with Crippen molar-refractivity contribution in [1.29, 1.82) is 0 Å². The van der Waals surface area contributed by atoms with Crippen LogP contribution in [0.1, 0.15) is 6.42 Å². The lowest BCUT2D eigenvalue weighted by atomic mass is 10.4. The molecule has 14 heavy (non-hydrogen) atoms. The van der Waals surface area contributed by atoms with Gasteiger partial charge in [0.2, 0.25) is 9.84 Å². The van der Waals surface area contributed by atoms with Gasteiger partial charge in [0.05, 0.1) is 11.4 Å². The molecule has 1 unspecified atom stereocenters. The van der Waals surface area contributed by atoms with Gasteiger partial charge in [-0.25, -0.2) is 13.4 Å². The molecule has 1 fully saturated rings. The van der Waals surface area contributed by atoms with E-state index < -0.39 is 9.84 Å². The van der Waals surface area contributed by atoms with Gasteiger partial charge in [-0.3, -0.25) is 4.98 Å². The van der Waals surface area contributed by atoms with Gasteiger partial charge in [-0.1, -0.05) is 0 Å². The van der Waals surface area contributed by atoms with E-state index in [1.165, 1.54) is 18.6 Å². The molecule has 0 aromatic carbocycles. The van der Waals surface area contributed by atoms with E-state index >= 15 is 0 Å². The van der Waals surface area contributed by atoms with Crippen LogP contribution in [0.2, 0.25) is 0 Å². The lowest BCUT2D eigenvalue weighted by Crippen LogP contribution is -2.24. The average Bonchev–Trinajstić information content (AvgIpc) is 2.72. The largest absolute Gasteiger partial charge is 0.315 e. The molecule has 2 heterocycles. The van der Waals surface area contributed by atoms with Crippen molar-refractivity contribution in [2.45, 2.75) is 16.7 Å². The molecule has 1 aromatic heterocycles. The third-order valence-electron chi connectivity index (χ3n) is 2.28. The Morgan fingerprint density at radius 1 is 1.43 bits per heavy atom. The zero-order chi connectivity index (χ0) is 10.0. The monoisotopic (exact) mass is 213 g/mol. The van der Waals surface area contributed by atoms with Gasteiger partial charge in [0.1, 0.15) is 0 Å². The van der Waals surface area contributed by atoms with Crippen molar-refractivity contribution in [3.63, 3.8) is 0 Å². The molecule has 5 nitrogen and oxygen atoms in total. The zero-order valence-corrected chi connectivity index (χ0v) is 8.37. The highest BCUT2D eigenvalue weighted by atomic mass is 32.2. The number of rotatable bonds is 2. The van der Waals surface area contributed by atoms with E-state index in [1.807, 2.05) is 0 Å². The number of nitrogens with one attached hydrogen (secondary N) is 1. The first-order valence-corrected chi connectivity index (χ1v) is 5.96. The summed E-state index contributed by atoms with van der Waals surface area (Å²) in [6.45, 7) is 1.27. The number of hydrogen-bond acceptors (Lipinski definition) is 5. The number of hydrogen-bond donors (Lipinski definition) is 1. The van der Waals surface area contributed by atoms with Crippen LogP contribution in [-0.4, -0.2) is 36.7 Å². The molecule has 0 aliphatic carbocycles. The van der Waals surface area contributed by atoms with Crippen molar-refractivity contribution in [2.24, 2.45) is 0 Å². The minimum absolute atomic E-state index is 0.0775. The summed E-state index contributed by atoms with van der Waals surface area (Å²) in [5, 5.41) is 2.75. The van der Waals surface area contributed by atoms with Crippen LogP contribution in [0.15, 0.2) is 23.6 Å². The second-order valence-electron chi connectivity index (χ2n) is 3.20. The summed E-state index contributed by atoms with van der Waals surface area (Å²) in [6.07, 6.45) is 4.81. The predicted molar refractivity (Wildman–Crippen MR) is 50.5 cm³/mol. The summed E-state index contributed by atoms with van der Waals surface area (Å²) in [4.78, 5) is 7.58. The molecule has 0 amide bonds. The molecule has 6 heteroatoms. The van der Waals surface area contributed by atoms with E-state index in [4.69, 9.17) is 0 Å². The Kier molecular flexibility index (Phi) is 2.47. The van der Waals surface area contributed by atoms with Gasteiger partial charge >= 0.3 is 0 Å². The maximum absolute atomic E-state index is 11.9. The standard InChI is InChI=1S/C8H11N3O2S/c12-14(13,7-1-2-9-5-7)8-6-10-3-4-11-8/h3-4,6-7,9H,1-2,5H2. The second kappa shape index (κ2) is 3.62.